The molecule has 6 nitrogen and oxygen atoms in total. The van der Waals surface area contributed by atoms with Crippen molar-refractivity contribution in [3.05, 3.63) is 83.3 Å². The number of nitrogens with zero attached hydrogens (tertiary/aromatic N) is 3. The van der Waals surface area contributed by atoms with Crippen LogP contribution in [0, 0.1) is 19.8 Å². The molecule has 1 fully saturated rings. The molecule has 36 heavy (non-hydrogen) atoms. The maximum Gasteiger partial charge on any atom is 0.223 e. The Morgan fingerprint density at radius 1 is 1.22 bits per heavy atom. The number of aromatic nitrogens is 2. The van der Waals surface area contributed by atoms with Gasteiger partial charge in [-0.05, 0) is 56.5 Å². The summed E-state index contributed by atoms with van der Waals surface area (Å²) < 4.78 is 6.38. The number of benzene rings is 1. The number of aryl methyl sites for hydroxylation is 2. The van der Waals surface area contributed by atoms with Crippen LogP contribution in [-0.2, 0) is 17.9 Å². The molecule has 1 saturated carbocycles. The Labute approximate surface area is 214 Å². The van der Waals surface area contributed by atoms with Crippen LogP contribution < -0.4 is 10.1 Å². The van der Waals surface area contributed by atoms with Gasteiger partial charge < -0.3 is 15.0 Å². The summed E-state index contributed by atoms with van der Waals surface area (Å²) in [7, 11) is 4.05. The van der Waals surface area contributed by atoms with E-state index in [-0.39, 0.29) is 11.8 Å². The van der Waals surface area contributed by atoms with E-state index in [0.29, 0.717) is 13.2 Å². The zero-order valence-electron chi connectivity index (χ0n) is 21.8. The van der Waals surface area contributed by atoms with Gasteiger partial charge in [0.2, 0.25) is 5.91 Å². The fraction of sp³-hybridized carbons (Fsp3) is 0.367. The number of amides is 1. The number of hydrogen-bond donors (Lipinski definition) is 1. The van der Waals surface area contributed by atoms with Gasteiger partial charge in [0, 0.05) is 54.1 Å². The van der Waals surface area contributed by atoms with Crippen LogP contribution >= 0.6 is 0 Å². The molecule has 6 heteroatoms. The molecule has 0 spiro atoms. The average molecular weight is 485 g/mol. The minimum Gasteiger partial charge on any atom is -0.487 e. The third-order valence-electron chi connectivity index (χ3n) is 6.87. The normalized spacial score (nSPS) is 14.2. The maximum absolute atomic E-state index is 12.6. The van der Waals surface area contributed by atoms with Crippen molar-refractivity contribution in [3.8, 4) is 5.75 Å². The molecule has 1 amide bonds. The second kappa shape index (κ2) is 11.4. The van der Waals surface area contributed by atoms with E-state index in [1.165, 1.54) is 0 Å². The Kier molecular flexibility index (Phi) is 8.04. The van der Waals surface area contributed by atoms with E-state index in [4.69, 9.17) is 9.72 Å². The second-order valence-electron chi connectivity index (χ2n) is 9.69. The average Bonchev–Trinajstić information content (AvgIpc) is 3.40. The molecule has 1 aliphatic rings. The van der Waals surface area contributed by atoms with Crippen molar-refractivity contribution in [2.75, 3.05) is 14.1 Å². The second-order valence-corrected chi connectivity index (χ2v) is 9.69. The Morgan fingerprint density at radius 2 is 2.00 bits per heavy atom. The van der Waals surface area contributed by atoms with E-state index in [2.05, 4.69) is 40.8 Å². The SMILES string of the molecule is C=C/C=C(/c1cc(C)nc2c(OCc3c(C)ccnc3CNC(=O)C3CCCC3)cccc12)N(C)C. The molecule has 1 aromatic carbocycles. The van der Waals surface area contributed by atoms with Gasteiger partial charge in [0.1, 0.15) is 17.9 Å². The molecule has 0 unspecified atom stereocenters. The Bertz CT molecular complexity index is 1290. The summed E-state index contributed by atoms with van der Waals surface area (Å²) in [5.41, 5.74) is 6.80. The molecule has 188 valence electrons. The fourth-order valence-corrected chi connectivity index (χ4v) is 4.92. The Morgan fingerprint density at radius 3 is 2.72 bits per heavy atom. The summed E-state index contributed by atoms with van der Waals surface area (Å²) in [5.74, 6) is 0.988. The summed E-state index contributed by atoms with van der Waals surface area (Å²) in [6.45, 7) is 8.69. The summed E-state index contributed by atoms with van der Waals surface area (Å²) in [6.07, 6.45) is 9.84. The lowest BCUT2D eigenvalue weighted by molar-refractivity contribution is -0.125. The van der Waals surface area contributed by atoms with E-state index in [9.17, 15) is 4.79 Å². The molecular weight excluding hydrogens is 448 g/mol. The molecule has 0 aliphatic heterocycles. The lowest BCUT2D eigenvalue weighted by Crippen LogP contribution is -2.29. The van der Waals surface area contributed by atoms with Crippen molar-refractivity contribution in [2.45, 2.75) is 52.7 Å². The number of ether oxygens (including phenoxy) is 1. The van der Waals surface area contributed by atoms with E-state index in [0.717, 1.165) is 76.1 Å². The van der Waals surface area contributed by atoms with Gasteiger partial charge in [-0.15, -0.1) is 0 Å². The zero-order valence-corrected chi connectivity index (χ0v) is 21.8. The largest absolute Gasteiger partial charge is 0.487 e. The number of allylic oxidation sites excluding steroid dienone is 2. The first-order chi connectivity index (χ1) is 17.4. The van der Waals surface area contributed by atoms with Crippen LogP contribution in [0.25, 0.3) is 16.6 Å². The van der Waals surface area contributed by atoms with Crippen molar-refractivity contribution in [1.29, 1.82) is 0 Å². The molecule has 1 N–H and O–H groups in total. The molecule has 0 bridgehead atoms. The Balaban J connectivity index is 1.60. The van der Waals surface area contributed by atoms with Crippen LogP contribution in [0.15, 0.2) is 55.3 Å². The molecule has 1 aliphatic carbocycles. The van der Waals surface area contributed by atoms with E-state index >= 15 is 0 Å². The van der Waals surface area contributed by atoms with Gasteiger partial charge in [0.25, 0.3) is 0 Å². The number of hydrogen-bond acceptors (Lipinski definition) is 5. The third kappa shape index (κ3) is 5.59. The van der Waals surface area contributed by atoms with Crippen molar-refractivity contribution >= 4 is 22.5 Å². The van der Waals surface area contributed by atoms with E-state index in [1.807, 2.05) is 45.3 Å². The van der Waals surface area contributed by atoms with E-state index < -0.39 is 0 Å². The quantitative estimate of drug-likeness (QED) is 0.394. The van der Waals surface area contributed by atoms with Crippen LogP contribution in [0.5, 0.6) is 5.75 Å². The van der Waals surface area contributed by atoms with Gasteiger partial charge in [-0.1, -0.05) is 37.6 Å². The molecule has 2 aromatic heterocycles. The number of pyridine rings is 2. The molecule has 0 radical (unpaired) electrons. The van der Waals surface area contributed by atoms with Gasteiger partial charge in [-0.3, -0.25) is 9.78 Å². The van der Waals surface area contributed by atoms with Crippen LogP contribution in [-0.4, -0.2) is 34.9 Å². The highest BCUT2D eigenvalue weighted by Gasteiger charge is 2.23. The first kappa shape index (κ1) is 25.4. The van der Waals surface area contributed by atoms with E-state index in [1.54, 1.807) is 12.3 Å². The molecule has 0 saturated heterocycles. The lowest BCUT2D eigenvalue weighted by Gasteiger charge is -2.20. The van der Waals surface area contributed by atoms with Crippen LogP contribution in [0.1, 0.15) is 53.8 Å². The molecular formula is C30H36N4O2. The van der Waals surface area contributed by atoms with Crippen molar-refractivity contribution in [1.82, 2.24) is 20.2 Å². The predicted octanol–water partition coefficient (Wildman–Crippen LogP) is 5.72. The molecule has 3 aromatic rings. The summed E-state index contributed by atoms with van der Waals surface area (Å²) in [6, 6.07) is 10.1. The number of carbonyl (C=O) groups excluding carboxylic acids is 1. The number of para-hydroxylation sites is 1. The van der Waals surface area contributed by atoms with Crippen LogP contribution in [0.2, 0.25) is 0 Å². The zero-order chi connectivity index (χ0) is 25.7. The standard InChI is InChI=1S/C30H36N4O2/c1-6-10-27(34(4)5)24-17-21(3)33-29-23(24)13-9-14-28(29)36-19-25-20(2)15-16-31-26(25)18-32-30(35)22-11-7-8-12-22/h6,9-10,13-17,22H,1,7-8,11-12,18-19H2,2-5H3,(H,32,35)/b27-10-. The van der Waals surface area contributed by atoms with Gasteiger partial charge >= 0.3 is 0 Å². The first-order valence-electron chi connectivity index (χ1n) is 12.6. The monoisotopic (exact) mass is 484 g/mol. The fourth-order valence-electron chi connectivity index (χ4n) is 4.92. The van der Waals surface area contributed by atoms with Gasteiger partial charge in [-0.25, -0.2) is 4.98 Å². The molecule has 4 rings (SSSR count). The number of nitrogens with one attached hydrogen (secondary N) is 1. The summed E-state index contributed by atoms with van der Waals surface area (Å²) in [5, 5.41) is 4.12. The maximum atomic E-state index is 12.6. The van der Waals surface area contributed by atoms with Crippen molar-refractivity contribution in [2.24, 2.45) is 5.92 Å². The topological polar surface area (TPSA) is 67.4 Å². The minimum absolute atomic E-state index is 0.133. The smallest absolute Gasteiger partial charge is 0.223 e. The van der Waals surface area contributed by atoms with Crippen LogP contribution in [0.4, 0.5) is 0 Å². The number of carbonyl (C=O) groups is 1. The van der Waals surface area contributed by atoms with Gasteiger partial charge in [-0.2, -0.15) is 0 Å². The summed E-state index contributed by atoms with van der Waals surface area (Å²) >= 11 is 0. The first-order valence-corrected chi connectivity index (χ1v) is 12.6. The molecule has 0 atom stereocenters. The Hall–Kier alpha value is -3.67. The lowest BCUT2D eigenvalue weighted by atomic mass is 10.0. The third-order valence-corrected chi connectivity index (χ3v) is 6.87. The molecule has 2 heterocycles. The van der Waals surface area contributed by atoms with Crippen LogP contribution in [0.3, 0.4) is 0 Å². The summed E-state index contributed by atoms with van der Waals surface area (Å²) in [4.78, 5) is 24.0. The highest BCUT2D eigenvalue weighted by Crippen LogP contribution is 2.32. The van der Waals surface area contributed by atoms with Gasteiger partial charge in [0.15, 0.2) is 0 Å². The van der Waals surface area contributed by atoms with Gasteiger partial charge in [0.05, 0.1) is 12.2 Å². The van der Waals surface area contributed by atoms with Crippen molar-refractivity contribution < 1.29 is 9.53 Å². The minimum atomic E-state index is 0.133. The van der Waals surface area contributed by atoms with Crippen molar-refractivity contribution in [3.63, 3.8) is 0 Å². The number of rotatable bonds is 9. The predicted molar refractivity (Wildman–Crippen MR) is 145 cm³/mol. The highest BCUT2D eigenvalue weighted by atomic mass is 16.5. The number of fused-ring (bicyclic) bond motifs is 1. The highest BCUT2D eigenvalue weighted by molar-refractivity contribution is 5.94.